The molecule has 1 N–H and O–H groups in total. The average molecular weight is 338 g/mol. The summed E-state index contributed by atoms with van der Waals surface area (Å²) < 4.78 is 5.22. The molecule has 2 aromatic rings. The van der Waals surface area contributed by atoms with E-state index in [9.17, 15) is 4.79 Å². The van der Waals surface area contributed by atoms with Gasteiger partial charge in [-0.15, -0.1) is 0 Å². The summed E-state index contributed by atoms with van der Waals surface area (Å²) in [6, 6.07) is 10.8. The highest BCUT2D eigenvalue weighted by molar-refractivity contribution is 6.37. The molecule has 2 aromatic carbocycles. The number of carbonyl (C=O) groups excluding carboxylic acids is 1. The number of nitrogens with one attached hydrogen (secondary N) is 1. The van der Waals surface area contributed by atoms with Crippen LogP contribution in [0.5, 0.6) is 5.75 Å². The van der Waals surface area contributed by atoms with Gasteiger partial charge in [-0.3, -0.25) is 4.79 Å². The van der Waals surface area contributed by atoms with Crippen LogP contribution in [0.15, 0.2) is 36.4 Å². The van der Waals surface area contributed by atoms with E-state index in [4.69, 9.17) is 27.9 Å². The zero-order chi connectivity index (χ0) is 16.3. The Hall–Kier alpha value is -1.71. The van der Waals surface area contributed by atoms with Crippen LogP contribution in [0.1, 0.15) is 35.7 Å². The summed E-state index contributed by atoms with van der Waals surface area (Å²) >= 11 is 12.2. The number of rotatable bonds is 4. The third kappa shape index (κ3) is 3.37. The van der Waals surface area contributed by atoms with E-state index in [2.05, 4.69) is 19.2 Å². The van der Waals surface area contributed by atoms with Crippen LogP contribution in [0.25, 0.3) is 0 Å². The summed E-state index contributed by atoms with van der Waals surface area (Å²) in [6.07, 6.45) is 0. The summed E-state index contributed by atoms with van der Waals surface area (Å²) in [4.78, 5) is 12.6. The third-order valence-corrected chi connectivity index (χ3v) is 3.93. The number of amides is 1. The van der Waals surface area contributed by atoms with E-state index in [-0.39, 0.29) is 23.1 Å². The lowest BCUT2D eigenvalue weighted by Gasteiger charge is -2.16. The van der Waals surface area contributed by atoms with Gasteiger partial charge in [0.15, 0.2) is 5.75 Å². The van der Waals surface area contributed by atoms with Crippen LogP contribution < -0.4 is 10.1 Å². The molecule has 0 radical (unpaired) electrons. The van der Waals surface area contributed by atoms with Gasteiger partial charge in [0.05, 0.1) is 17.2 Å². The SMILES string of the molecule is COc1c(Cl)ccc(Cl)c1C(=O)Nc1ccccc1C(C)C. The maximum absolute atomic E-state index is 12.6. The Morgan fingerprint density at radius 2 is 1.73 bits per heavy atom. The van der Waals surface area contributed by atoms with Crippen LogP contribution in [-0.2, 0) is 0 Å². The van der Waals surface area contributed by atoms with Crippen molar-refractivity contribution in [1.82, 2.24) is 0 Å². The molecule has 1 amide bonds. The van der Waals surface area contributed by atoms with Crippen molar-refractivity contribution >= 4 is 34.8 Å². The molecule has 0 aliphatic carbocycles. The van der Waals surface area contributed by atoms with Crippen LogP contribution in [0.3, 0.4) is 0 Å². The predicted octanol–water partition coefficient (Wildman–Crippen LogP) is 5.38. The Morgan fingerprint density at radius 1 is 1.09 bits per heavy atom. The fourth-order valence-electron chi connectivity index (χ4n) is 2.24. The van der Waals surface area contributed by atoms with E-state index in [1.54, 1.807) is 12.1 Å². The minimum absolute atomic E-state index is 0.232. The Labute approximate surface area is 140 Å². The molecule has 22 heavy (non-hydrogen) atoms. The van der Waals surface area contributed by atoms with Gasteiger partial charge in [0.2, 0.25) is 0 Å². The molecule has 0 aliphatic heterocycles. The molecule has 0 atom stereocenters. The van der Waals surface area contributed by atoms with Crippen molar-refractivity contribution < 1.29 is 9.53 Å². The molecule has 5 heteroatoms. The highest BCUT2D eigenvalue weighted by Gasteiger charge is 2.20. The number of para-hydroxylation sites is 1. The number of anilines is 1. The summed E-state index contributed by atoms with van der Waals surface area (Å²) in [5, 5.41) is 3.52. The molecule has 0 aliphatic rings. The fraction of sp³-hybridized carbons (Fsp3) is 0.235. The van der Waals surface area contributed by atoms with Crippen LogP contribution in [0, 0.1) is 0 Å². The van der Waals surface area contributed by atoms with Crippen molar-refractivity contribution in [1.29, 1.82) is 0 Å². The van der Waals surface area contributed by atoms with Crippen molar-refractivity contribution in [2.75, 3.05) is 12.4 Å². The first-order valence-corrected chi connectivity index (χ1v) is 7.63. The maximum atomic E-state index is 12.6. The van der Waals surface area contributed by atoms with Gasteiger partial charge in [-0.25, -0.2) is 0 Å². The van der Waals surface area contributed by atoms with Gasteiger partial charge in [-0.1, -0.05) is 55.2 Å². The summed E-state index contributed by atoms with van der Waals surface area (Å²) in [6.45, 7) is 4.13. The lowest BCUT2D eigenvalue weighted by Crippen LogP contribution is -2.15. The maximum Gasteiger partial charge on any atom is 0.261 e. The average Bonchev–Trinajstić information content (AvgIpc) is 2.49. The molecule has 3 nitrogen and oxygen atoms in total. The number of ether oxygens (including phenoxy) is 1. The quantitative estimate of drug-likeness (QED) is 0.813. The van der Waals surface area contributed by atoms with Crippen LogP contribution in [0.4, 0.5) is 5.69 Å². The van der Waals surface area contributed by atoms with Gasteiger partial charge in [0.25, 0.3) is 5.91 Å². The van der Waals surface area contributed by atoms with Crippen molar-refractivity contribution in [2.24, 2.45) is 0 Å². The highest BCUT2D eigenvalue weighted by Crippen LogP contribution is 2.35. The Balaban J connectivity index is 2.41. The van der Waals surface area contributed by atoms with E-state index < -0.39 is 0 Å². The normalized spacial score (nSPS) is 10.6. The molecule has 0 aromatic heterocycles. The van der Waals surface area contributed by atoms with E-state index in [0.717, 1.165) is 11.3 Å². The van der Waals surface area contributed by atoms with E-state index in [0.29, 0.717) is 10.0 Å². The Morgan fingerprint density at radius 3 is 2.36 bits per heavy atom. The first kappa shape index (κ1) is 16.7. The Bertz CT molecular complexity index is 699. The van der Waals surface area contributed by atoms with Gasteiger partial charge in [-0.2, -0.15) is 0 Å². The number of benzene rings is 2. The summed E-state index contributed by atoms with van der Waals surface area (Å²) in [7, 11) is 1.45. The van der Waals surface area contributed by atoms with E-state index >= 15 is 0 Å². The highest BCUT2D eigenvalue weighted by atomic mass is 35.5. The zero-order valence-electron chi connectivity index (χ0n) is 12.6. The number of carbonyl (C=O) groups is 1. The number of hydrogen-bond donors (Lipinski definition) is 1. The second kappa shape index (κ2) is 7.03. The molecule has 0 saturated heterocycles. The second-order valence-electron chi connectivity index (χ2n) is 5.13. The van der Waals surface area contributed by atoms with Crippen LogP contribution >= 0.6 is 23.2 Å². The van der Waals surface area contributed by atoms with Gasteiger partial charge < -0.3 is 10.1 Å². The molecular weight excluding hydrogens is 321 g/mol. The van der Waals surface area contributed by atoms with Crippen molar-refractivity contribution in [3.05, 3.63) is 57.6 Å². The largest absolute Gasteiger partial charge is 0.494 e. The summed E-state index contributed by atoms with van der Waals surface area (Å²) in [5.74, 6) is 0.208. The monoisotopic (exact) mass is 337 g/mol. The van der Waals surface area contributed by atoms with E-state index in [1.165, 1.54) is 7.11 Å². The first-order chi connectivity index (χ1) is 10.5. The first-order valence-electron chi connectivity index (χ1n) is 6.88. The van der Waals surface area contributed by atoms with Crippen molar-refractivity contribution in [3.63, 3.8) is 0 Å². The zero-order valence-corrected chi connectivity index (χ0v) is 14.1. The molecule has 0 heterocycles. The van der Waals surface area contributed by atoms with Crippen LogP contribution in [0.2, 0.25) is 10.0 Å². The molecule has 0 saturated carbocycles. The molecule has 116 valence electrons. The summed E-state index contributed by atoms with van der Waals surface area (Å²) in [5.41, 5.74) is 2.03. The molecule has 0 bridgehead atoms. The van der Waals surface area contributed by atoms with Gasteiger partial charge in [-0.05, 0) is 29.7 Å². The smallest absolute Gasteiger partial charge is 0.261 e. The van der Waals surface area contributed by atoms with Crippen LogP contribution in [-0.4, -0.2) is 13.0 Å². The number of halogens is 2. The topological polar surface area (TPSA) is 38.3 Å². The van der Waals surface area contributed by atoms with Gasteiger partial charge in [0.1, 0.15) is 5.56 Å². The molecule has 0 unspecified atom stereocenters. The lowest BCUT2D eigenvalue weighted by molar-refractivity contribution is 0.102. The predicted molar refractivity (Wildman–Crippen MR) is 91.5 cm³/mol. The van der Waals surface area contributed by atoms with Gasteiger partial charge >= 0.3 is 0 Å². The van der Waals surface area contributed by atoms with Crippen molar-refractivity contribution in [3.8, 4) is 5.75 Å². The van der Waals surface area contributed by atoms with Crippen molar-refractivity contribution in [2.45, 2.75) is 19.8 Å². The molecular formula is C17H17Cl2NO2. The van der Waals surface area contributed by atoms with Gasteiger partial charge in [0, 0.05) is 5.69 Å². The minimum Gasteiger partial charge on any atom is -0.494 e. The second-order valence-corrected chi connectivity index (χ2v) is 5.95. The lowest BCUT2D eigenvalue weighted by atomic mass is 10.0. The minimum atomic E-state index is -0.350. The molecule has 2 rings (SSSR count). The standard InChI is InChI=1S/C17H17Cl2NO2/c1-10(2)11-6-4-5-7-14(11)20-17(21)15-12(18)8-9-13(19)16(15)22-3/h4-10H,1-3H3,(H,20,21). The number of hydrogen-bond acceptors (Lipinski definition) is 2. The van der Waals surface area contributed by atoms with E-state index in [1.807, 2.05) is 24.3 Å². The third-order valence-electron chi connectivity index (χ3n) is 3.32. The fourth-order valence-corrected chi connectivity index (χ4v) is 2.71. The molecule has 0 fully saturated rings. The number of methoxy groups -OCH3 is 1. The Kier molecular flexibility index (Phi) is 5.33. The molecule has 0 spiro atoms.